The molecule has 26 heavy (non-hydrogen) atoms. The Kier molecular flexibility index (Phi) is 7.63. The number of carboxylic acid groups (broad SMARTS) is 1. The van der Waals surface area contributed by atoms with Crippen molar-refractivity contribution in [3.05, 3.63) is 35.0 Å². The number of fused-ring (bicyclic) bond motifs is 1. The van der Waals surface area contributed by atoms with Crippen LogP contribution >= 0.6 is 11.3 Å². The Balaban J connectivity index is 0.000000298. The summed E-state index contributed by atoms with van der Waals surface area (Å²) < 4.78 is 43.6. The first-order chi connectivity index (χ1) is 12.3. The summed E-state index contributed by atoms with van der Waals surface area (Å²) in [5.74, 6) is -2.76. The maximum atomic E-state index is 10.6. The normalized spacial score (nSPS) is 25.9. The third-order valence-electron chi connectivity index (χ3n) is 4.22. The lowest BCUT2D eigenvalue weighted by Crippen LogP contribution is -2.41. The highest BCUT2D eigenvalue weighted by atomic mass is 32.1. The molecule has 146 valence electrons. The van der Waals surface area contributed by atoms with E-state index in [9.17, 15) is 13.2 Å². The van der Waals surface area contributed by atoms with Crippen molar-refractivity contribution in [2.75, 3.05) is 19.8 Å². The molecule has 0 aromatic carbocycles. The minimum atomic E-state index is -5.08. The molecule has 0 saturated carbocycles. The van der Waals surface area contributed by atoms with Gasteiger partial charge < -0.3 is 14.6 Å². The minimum absolute atomic E-state index is 0.196. The van der Waals surface area contributed by atoms with E-state index >= 15 is 0 Å². The monoisotopic (exact) mass is 393 g/mol. The van der Waals surface area contributed by atoms with Crippen molar-refractivity contribution in [3.8, 4) is 0 Å². The van der Waals surface area contributed by atoms with Crippen LogP contribution in [0.3, 0.4) is 0 Å². The molecule has 0 radical (unpaired) electrons. The number of hydrogen-bond donors (Lipinski definition) is 1. The van der Waals surface area contributed by atoms with Crippen LogP contribution in [0.5, 0.6) is 0 Å². The second-order valence-electron chi connectivity index (χ2n) is 6.07. The van der Waals surface area contributed by atoms with Crippen LogP contribution in [0.15, 0.2) is 29.5 Å². The average molecular weight is 393 g/mol. The van der Waals surface area contributed by atoms with Gasteiger partial charge in [-0.1, -0.05) is 6.08 Å². The third kappa shape index (κ3) is 5.80. The molecule has 2 aliphatic rings. The molecule has 5 nitrogen and oxygen atoms in total. The molecule has 0 bridgehead atoms. The van der Waals surface area contributed by atoms with Gasteiger partial charge in [-0.2, -0.15) is 24.5 Å². The first kappa shape index (κ1) is 20.9. The Morgan fingerprint density at radius 1 is 1.54 bits per heavy atom. The van der Waals surface area contributed by atoms with Crippen LogP contribution in [-0.4, -0.2) is 60.2 Å². The maximum absolute atomic E-state index is 10.6. The number of ether oxygens (including phenoxy) is 2. The number of rotatable bonds is 5. The fraction of sp³-hybridized carbons (Fsp3) is 0.588. The van der Waals surface area contributed by atoms with Crippen molar-refractivity contribution >= 4 is 17.3 Å². The van der Waals surface area contributed by atoms with Gasteiger partial charge in [0.1, 0.15) is 6.10 Å². The van der Waals surface area contributed by atoms with Crippen molar-refractivity contribution < 1.29 is 32.5 Å². The van der Waals surface area contributed by atoms with Crippen molar-refractivity contribution in [1.29, 1.82) is 0 Å². The molecule has 2 saturated heterocycles. The summed E-state index contributed by atoms with van der Waals surface area (Å²) in [7, 11) is 0. The SMILES string of the molecule is C=CCO[C@@H]1CN(Cc2ccsc2)[C@@H]2CCCO[C@@H]21.O=C(O)C(F)(F)F. The van der Waals surface area contributed by atoms with Crippen LogP contribution in [0.2, 0.25) is 0 Å². The summed E-state index contributed by atoms with van der Waals surface area (Å²) in [5.41, 5.74) is 1.40. The van der Waals surface area contributed by atoms with Gasteiger partial charge in [0, 0.05) is 25.7 Å². The van der Waals surface area contributed by atoms with E-state index in [-0.39, 0.29) is 12.2 Å². The number of carbonyl (C=O) groups is 1. The van der Waals surface area contributed by atoms with E-state index in [0.29, 0.717) is 12.6 Å². The first-order valence-corrected chi connectivity index (χ1v) is 9.16. The molecule has 0 amide bonds. The van der Waals surface area contributed by atoms with Gasteiger partial charge in [-0.25, -0.2) is 4.79 Å². The van der Waals surface area contributed by atoms with Gasteiger partial charge in [-0.3, -0.25) is 4.90 Å². The van der Waals surface area contributed by atoms with E-state index in [2.05, 4.69) is 28.3 Å². The molecule has 2 aliphatic heterocycles. The molecule has 9 heteroatoms. The minimum Gasteiger partial charge on any atom is -0.475 e. The predicted molar refractivity (Wildman–Crippen MR) is 91.1 cm³/mol. The number of likely N-dealkylation sites (tertiary alicyclic amines) is 1. The van der Waals surface area contributed by atoms with Gasteiger partial charge in [0.05, 0.1) is 12.7 Å². The van der Waals surface area contributed by atoms with Crippen LogP contribution in [0, 0.1) is 0 Å². The van der Waals surface area contributed by atoms with Crippen LogP contribution in [-0.2, 0) is 20.8 Å². The Hall–Kier alpha value is -1.42. The van der Waals surface area contributed by atoms with E-state index in [1.54, 1.807) is 11.3 Å². The van der Waals surface area contributed by atoms with Gasteiger partial charge in [0.25, 0.3) is 0 Å². The van der Waals surface area contributed by atoms with Crippen LogP contribution in [0.25, 0.3) is 0 Å². The van der Waals surface area contributed by atoms with Gasteiger partial charge >= 0.3 is 12.1 Å². The Morgan fingerprint density at radius 2 is 2.27 bits per heavy atom. The zero-order valence-corrected chi connectivity index (χ0v) is 15.0. The number of hydrogen-bond acceptors (Lipinski definition) is 5. The van der Waals surface area contributed by atoms with Gasteiger partial charge in [0.2, 0.25) is 0 Å². The first-order valence-electron chi connectivity index (χ1n) is 8.22. The number of thiophene rings is 1. The van der Waals surface area contributed by atoms with E-state index in [4.69, 9.17) is 19.4 Å². The topological polar surface area (TPSA) is 59.0 Å². The zero-order valence-electron chi connectivity index (χ0n) is 14.2. The van der Waals surface area contributed by atoms with Gasteiger partial charge in [-0.15, -0.1) is 6.58 Å². The standard InChI is InChI=1S/C15H21NO2S.C2HF3O2/c1-2-6-17-14-10-16(9-12-5-8-19-11-12)13-4-3-7-18-15(13)14;3-2(4,5)1(6)7/h2,5,8,11,13-15H,1,3-4,6-7,9-10H2;(H,6,7)/t13-,14-,15+;/m1./s1. The van der Waals surface area contributed by atoms with Crippen molar-refractivity contribution in [3.63, 3.8) is 0 Å². The van der Waals surface area contributed by atoms with Crippen LogP contribution in [0.1, 0.15) is 18.4 Å². The van der Waals surface area contributed by atoms with Gasteiger partial charge in [0.15, 0.2) is 0 Å². The molecule has 0 aliphatic carbocycles. The highest BCUT2D eigenvalue weighted by Crippen LogP contribution is 2.32. The largest absolute Gasteiger partial charge is 0.490 e. The van der Waals surface area contributed by atoms with E-state index in [0.717, 1.165) is 26.1 Å². The highest BCUT2D eigenvalue weighted by molar-refractivity contribution is 7.07. The third-order valence-corrected chi connectivity index (χ3v) is 4.95. The maximum Gasteiger partial charge on any atom is 0.490 e. The quantitative estimate of drug-likeness (QED) is 0.778. The molecule has 1 N–H and O–H groups in total. The second kappa shape index (κ2) is 9.50. The number of carboxylic acids is 1. The Morgan fingerprint density at radius 3 is 2.85 bits per heavy atom. The molecular weight excluding hydrogens is 371 g/mol. The Bertz CT molecular complexity index is 579. The lowest BCUT2D eigenvalue weighted by atomic mass is 10.0. The molecular formula is C17H22F3NO4S. The Labute approximate surface area is 154 Å². The number of aliphatic carboxylic acids is 1. The lowest BCUT2D eigenvalue weighted by Gasteiger charge is -2.32. The fourth-order valence-corrected chi connectivity index (χ4v) is 3.80. The highest BCUT2D eigenvalue weighted by Gasteiger charge is 2.44. The number of alkyl halides is 3. The van der Waals surface area contributed by atoms with Gasteiger partial charge in [-0.05, 0) is 35.2 Å². The van der Waals surface area contributed by atoms with Crippen molar-refractivity contribution in [2.24, 2.45) is 0 Å². The molecule has 3 atom stereocenters. The summed E-state index contributed by atoms with van der Waals surface area (Å²) in [5, 5.41) is 11.5. The van der Waals surface area contributed by atoms with Crippen molar-refractivity contribution in [2.45, 2.75) is 43.8 Å². The molecule has 3 rings (SSSR count). The van der Waals surface area contributed by atoms with Crippen molar-refractivity contribution in [1.82, 2.24) is 4.90 Å². The molecule has 0 spiro atoms. The number of halogens is 3. The summed E-state index contributed by atoms with van der Waals surface area (Å²) >= 11 is 1.76. The lowest BCUT2D eigenvalue weighted by molar-refractivity contribution is -0.192. The summed E-state index contributed by atoms with van der Waals surface area (Å²) in [6.45, 7) is 7.21. The summed E-state index contributed by atoms with van der Waals surface area (Å²) in [6.07, 6.45) is -0.438. The zero-order chi connectivity index (χ0) is 19.2. The molecule has 2 fully saturated rings. The van der Waals surface area contributed by atoms with E-state index < -0.39 is 12.1 Å². The fourth-order valence-electron chi connectivity index (χ4n) is 3.14. The summed E-state index contributed by atoms with van der Waals surface area (Å²) in [6, 6.07) is 2.73. The van der Waals surface area contributed by atoms with E-state index in [1.807, 2.05) is 6.08 Å². The summed E-state index contributed by atoms with van der Waals surface area (Å²) in [4.78, 5) is 11.4. The predicted octanol–water partition coefficient (Wildman–Crippen LogP) is 3.32. The van der Waals surface area contributed by atoms with Crippen LogP contribution in [0.4, 0.5) is 13.2 Å². The average Bonchev–Trinajstić information content (AvgIpc) is 3.22. The van der Waals surface area contributed by atoms with E-state index in [1.165, 1.54) is 12.0 Å². The second-order valence-corrected chi connectivity index (χ2v) is 6.85. The molecule has 0 unspecified atom stereocenters. The molecule has 3 heterocycles. The smallest absolute Gasteiger partial charge is 0.475 e. The molecule has 1 aromatic heterocycles. The molecule has 1 aromatic rings. The van der Waals surface area contributed by atoms with Crippen LogP contribution < -0.4 is 0 Å². The number of nitrogens with zero attached hydrogens (tertiary/aromatic N) is 1.